The van der Waals surface area contributed by atoms with Crippen LogP contribution < -0.4 is 0 Å². The number of rotatable bonds is 1. The molecule has 0 spiro atoms. The molecule has 2 unspecified atom stereocenters. The van der Waals surface area contributed by atoms with Crippen LogP contribution in [0.2, 0.25) is 0 Å². The normalized spacial score (nSPS) is 48.3. The molecule has 0 aromatic heterocycles. The highest BCUT2D eigenvalue weighted by Crippen LogP contribution is 2.62. The Kier molecular flexibility index (Phi) is 3.33. The minimum absolute atomic E-state index is 0.0824. The first-order valence-corrected chi connectivity index (χ1v) is 7.94. The summed E-state index contributed by atoms with van der Waals surface area (Å²) in [5, 5.41) is 20.4. The Labute approximate surface area is 121 Å². The number of aliphatic hydroxyl groups is 2. The van der Waals surface area contributed by atoms with E-state index in [1.54, 1.807) is 6.08 Å². The zero-order valence-corrected chi connectivity index (χ0v) is 12.6. The molecule has 0 aliphatic heterocycles. The average molecular weight is 278 g/mol. The van der Waals surface area contributed by atoms with Gasteiger partial charge in [0.25, 0.3) is 0 Å². The lowest BCUT2D eigenvalue weighted by atomic mass is 9.45. The number of ketones is 1. The van der Waals surface area contributed by atoms with Gasteiger partial charge in [-0.05, 0) is 60.0 Å². The molecule has 2 saturated carbocycles. The molecule has 3 aliphatic carbocycles. The van der Waals surface area contributed by atoms with Gasteiger partial charge in [-0.25, -0.2) is 0 Å². The fourth-order valence-electron chi connectivity index (χ4n) is 5.39. The molecule has 3 nitrogen and oxygen atoms in total. The highest BCUT2D eigenvalue weighted by molar-refractivity contribution is 5.91. The Morgan fingerprint density at radius 2 is 2.10 bits per heavy atom. The minimum Gasteiger partial charge on any atom is -0.396 e. The van der Waals surface area contributed by atoms with Gasteiger partial charge in [0.2, 0.25) is 0 Å². The summed E-state index contributed by atoms with van der Waals surface area (Å²) in [6.07, 6.45) is 6.73. The summed E-state index contributed by atoms with van der Waals surface area (Å²) < 4.78 is 0. The summed E-state index contributed by atoms with van der Waals surface area (Å²) in [5.74, 6) is 0.831. The van der Waals surface area contributed by atoms with Crippen molar-refractivity contribution in [3.63, 3.8) is 0 Å². The van der Waals surface area contributed by atoms with Crippen molar-refractivity contribution < 1.29 is 15.0 Å². The van der Waals surface area contributed by atoms with E-state index in [4.69, 9.17) is 0 Å². The van der Waals surface area contributed by atoms with Crippen LogP contribution in [-0.2, 0) is 4.79 Å². The number of allylic oxidation sites excluding steroid dienone is 1. The number of carbonyl (C=O) groups excluding carboxylic acids is 1. The summed E-state index contributed by atoms with van der Waals surface area (Å²) in [6.45, 7) is 4.69. The van der Waals surface area contributed by atoms with E-state index in [1.165, 1.54) is 0 Å². The van der Waals surface area contributed by atoms with Gasteiger partial charge in [-0.15, -0.1) is 0 Å². The fraction of sp³-hybridized carbons (Fsp3) is 0.824. The second-order valence-corrected chi connectivity index (χ2v) is 7.68. The lowest BCUT2D eigenvalue weighted by Gasteiger charge is -2.60. The summed E-state index contributed by atoms with van der Waals surface area (Å²) in [7, 11) is 0. The molecule has 3 heteroatoms. The van der Waals surface area contributed by atoms with Crippen LogP contribution in [0.1, 0.15) is 52.4 Å². The van der Waals surface area contributed by atoms with Crippen LogP contribution in [0.15, 0.2) is 11.6 Å². The largest absolute Gasteiger partial charge is 0.396 e. The first-order valence-electron chi connectivity index (χ1n) is 7.94. The predicted molar refractivity (Wildman–Crippen MR) is 77.1 cm³/mol. The van der Waals surface area contributed by atoms with E-state index in [0.29, 0.717) is 24.7 Å². The van der Waals surface area contributed by atoms with Crippen molar-refractivity contribution in [1.82, 2.24) is 0 Å². The van der Waals surface area contributed by atoms with Crippen LogP contribution in [0.25, 0.3) is 0 Å². The zero-order chi connectivity index (χ0) is 14.5. The molecular weight excluding hydrogens is 252 g/mol. The van der Waals surface area contributed by atoms with Gasteiger partial charge in [-0.3, -0.25) is 4.79 Å². The average Bonchev–Trinajstić information content (AvgIpc) is 2.42. The molecule has 0 amide bonds. The van der Waals surface area contributed by atoms with Gasteiger partial charge < -0.3 is 10.2 Å². The highest BCUT2D eigenvalue weighted by Gasteiger charge is 2.57. The molecule has 2 fully saturated rings. The van der Waals surface area contributed by atoms with Gasteiger partial charge in [-0.2, -0.15) is 0 Å². The quantitative estimate of drug-likeness (QED) is 0.774. The van der Waals surface area contributed by atoms with Crippen molar-refractivity contribution in [1.29, 1.82) is 0 Å². The molecule has 0 bridgehead atoms. The molecule has 112 valence electrons. The van der Waals surface area contributed by atoms with Crippen molar-refractivity contribution in [2.75, 3.05) is 6.61 Å². The fourth-order valence-corrected chi connectivity index (χ4v) is 5.39. The lowest BCUT2D eigenvalue weighted by molar-refractivity contribution is -0.123. The SMILES string of the molecule is C[C@]1(CO)CCC[C@@]2(C)C1CC(O)C1=CC(=O)CC[C@@H]12. The molecule has 3 rings (SSSR count). The third-order valence-electron chi connectivity index (χ3n) is 6.51. The molecule has 3 aliphatic rings. The van der Waals surface area contributed by atoms with Crippen LogP contribution >= 0.6 is 0 Å². The van der Waals surface area contributed by atoms with Gasteiger partial charge in [0.05, 0.1) is 6.10 Å². The lowest BCUT2D eigenvalue weighted by Crippen LogP contribution is -2.55. The molecular formula is C17H26O3. The maximum Gasteiger partial charge on any atom is 0.155 e. The Bertz CT molecular complexity index is 455. The molecule has 20 heavy (non-hydrogen) atoms. The third kappa shape index (κ3) is 1.90. The summed E-state index contributed by atoms with van der Waals surface area (Å²) >= 11 is 0. The number of hydrogen-bond donors (Lipinski definition) is 2. The van der Waals surface area contributed by atoms with Crippen molar-refractivity contribution >= 4 is 5.78 Å². The van der Waals surface area contributed by atoms with E-state index in [9.17, 15) is 15.0 Å². The van der Waals surface area contributed by atoms with Crippen LogP contribution in [0, 0.1) is 22.7 Å². The Morgan fingerprint density at radius 3 is 2.80 bits per heavy atom. The van der Waals surface area contributed by atoms with Crippen LogP contribution in [-0.4, -0.2) is 28.7 Å². The second kappa shape index (κ2) is 4.67. The minimum atomic E-state index is -0.494. The number of aliphatic hydroxyl groups excluding tert-OH is 2. The Hall–Kier alpha value is -0.670. The van der Waals surface area contributed by atoms with Gasteiger partial charge >= 0.3 is 0 Å². The van der Waals surface area contributed by atoms with Gasteiger partial charge in [-0.1, -0.05) is 20.3 Å². The van der Waals surface area contributed by atoms with Crippen LogP contribution in [0.3, 0.4) is 0 Å². The van der Waals surface area contributed by atoms with E-state index < -0.39 is 6.10 Å². The summed E-state index contributed by atoms with van der Waals surface area (Å²) in [5.41, 5.74) is 1.02. The second-order valence-electron chi connectivity index (χ2n) is 7.68. The number of hydrogen-bond acceptors (Lipinski definition) is 3. The summed E-state index contributed by atoms with van der Waals surface area (Å²) in [4.78, 5) is 11.7. The Balaban J connectivity index is 2.03. The van der Waals surface area contributed by atoms with E-state index in [0.717, 1.165) is 31.3 Å². The molecule has 0 radical (unpaired) electrons. The van der Waals surface area contributed by atoms with Crippen molar-refractivity contribution in [3.05, 3.63) is 11.6 Å². The highest BCUT2D eigenvalue weighted by atomic mass is 16.3. The van der Waals surface area contributed by atoms with Gasteiger partial charge in [0.1, 0.15) is 0 Å². The van der Waals surface area contributed by atoms with E-state index in [-0.39, 0.29) is 23.2 Å². The molecule has 0 aromatic carbocycles. The molecule has 5 atom stereocenters. The maximum atomic E-state index is 11.7. The topological polar surface area (TPSA) is 57.5 Å². The van der Waals surface area contributed by atoms with E-state index >= 15 is 0 Å². The van der Waals surface area contributed by atoms with Crippen molar-refractivity contribution in [2.24, 2.45) is 22.7 Å². The van der Waals surface area contributed by atoms with Crippen LogP contribution in [0.5, 0.6) is 0 Å². The standard InChI is InChI=1S/C17H26O3/c1-16(10-18)6-3-7-17(2)13-5-4-11(19)8-12(13)14(20)9-15(16)17/h8,13-15,18,20H,3-7,9-10H2,1-2H3/t13-,14?,15?,16+,17+/m0/s1. The molecule has 0 aromatic rings. The van der Waals surface area contributed by atoms with E-state index in [1.807, 2.05) is 0 Å². The Morgan fingerprint density at radius 1 is 1.35 bits per heavy atom. The number of carbonyl (C=O) groups is 1. The molecule has 2 N–H and O–H groups in total. The summed E-state index contributed by atoms with van der Waals surface area (Å²) in [6, 6.07) is 0. The smallest absolute Gasteiger partial charge is 0.155 e. The van der Waals surface area contributed by atoms with Gasteiger partial charge in [0, 0.05) is 13.0 Å². The van der Waals surface area contributed by atoms with Crippen molar-refractivity contribution in [3.8, 4) is 0 Å². The predicted octanol–water partition coefficient (Wildman–Crippen LogP) is 2.46. The van der Waals surface area contributed by atoms with E-state index in [2.05, 4.69) is 13.8 Å². The first-order chi connectivity index (χ1) is 9.40. The zero-order valence-electron chi connectivity index (χ0n) is 12.6. The first kappa shape index (κ1) is 14.3. The maximum absolute atomic E-state index is 11.7. The number of fused-ring (bicyclic) bond motifs is 3. The van der Waals surface area contributed by atoms with Crippen LogP contribution in [0.4, 0.5) is 0 Å². The molecule has 0 saturated heterocycles. The van der Waals surface area contributed by atoms with Crippen molar-refractivity contribution in [2.45, 2.75) is 58.5 Å². The molecule has 0 heterocycles. The monoisotopic (exact) mass is 278 g/mol. The van der Waals surface area contributed by atoms with Gasteiger partial charge in [0.15, 0.2) is 5.78 Å². The third-order valence-corrected chi connectivity index (χ3v) is 6.51.